The van der Waals surface area contributed by atoms with Gasteiger partial charge in [-0.1, -0.05) is 68.9 Å². The van der Waals surface area contributed by atoms with Crippen LogP contribution >= 0.6 is 0 Å². The van der Waals surface area contributed by atoms with Gasteiger partial charge >= 0.3 is 0 Å². The van der Waals surface area contributed by atoms with Gasteiger partial charge in [0, 0.05) is 11.5 Å². The number of unbranched alkanes of at least 4 members (excludes halogenated alkanes) is 1. The Hall–Kier alpha value is -2.07. The Bertz CT molecular complexity index is 798. The number of halogens is 1. The molecule has 1 aliphatic rings. The molecule has 0 atom stereocenters. The zero-order chi connectivity index (χ0) is 19.8. The van der Waals surface area contributed by atoms with E-state index in [0.717, 1.165) is 43.2 Å². The predicted octanol–water partition coefficient (Wildman–Crippen LogP) is 7.45. The van der Waals surface area contributed by atoms with Gasteiger partial charge in [-0.15, -0.1) is 0 Å². The highest BCUT2D eigenvalue weighted by Crippen LogP contribution is 2.35. The Labute approximate surface area is 170 Å². The number of aryl methyl sites for hydroxylation is 2. The van der Waals surface area contributed by atoms with E-state index in [9.17, 15) is 4.39 Å². The maximum absolute atomic E-state index is 14.2. The minimum atomic E-state index is -0.101. The molecule has 0 amide bonds. The van der Waals surface area contributed by atoms with Crippen LogP contribution < -0.4 is 0 Å². The van der Waals surface area contributed by atoms with Crippen LogP contribution in [0.2, 0.25) is 0 Å². The predicted molar refractivity (Wildman–Crippen MR) is 117 cm³/mol. The van der Waals surface area contributed by atoms with Crippen molar-refractivity contribution in [3.8, 4) is 11.8 Å². The van der Waals surface area contributed by atoms with Crippen molar-refractivity contribution in [2.24, 2.45) is 5.92 Å². The lowest BCUT2D eigenvalue weighted by atomic mass is 9.78. The molecule has 0 spiro atoms. The van der Waals surface area contributed by atoms with Crippen LogP contribution in [0.1, 0.15) is 87.0 Å². The molecule has 0 N–H and O–H groups in total. The van der Waals surface area contributed by atoms with Gasteiger partial charge in [0.15, 0.2) is 0 Å². The van der Waals surface area contributed by atoms with Crippen LogP contribution in [0.5, 0.6) is 0 Å². The van der Waals surface area contributed by atoms with E-state index < -0.39 is 0 Å². The normalized spacial score (nSPS) is 19.1. The van der Waals surface area contributed by atoms with Crippen LogP contribution in [0.3, 0.4) is 0 Å². The molecule has 1 fully saturated rings. The summed E-state index contributed by atoms with van der Waals surface area (Å²) in [6.07, 6.45) is 10.0. The average molecular weight is 377 g/mol. The van der Waals surface area contributed by atoms with Gasteiger partial charge in [0.25, 0.3) is 0 Å². The Morgan fingerprint density at radius 1 is 0.893 bits per heavy atom. The van der Waals surface area contributed by atoms with Crippen molar-refractivity contribution in [1.29, 1.82) is 0 Å². The summed E-state index contributed by atoms with van der Waals surface area (Å²) in [6, 6.07) is 14.7. The molecule has 0 nitrogen and oxygen atoms in total. The molecule has 2 aromatic rings. The molecule has 2 aromatic carbocycles. The molecule has 0 aromatic heterocycles. The Kier molecular flexibility index (Phi) is 7.72. The molecular weight excluding hydrogens is 343 g/mol. The Morgan fingerprint density at radius 2 is 1.64 bits per heavy atom. The van der Waals surface area contributed by atoms with E-state index in [1.54, 1.807) is 6.07 Å². The molecule has 3 rings (SSSR count). The summed E-state index contributed by atoms with van der Waals surface area (Å²) < 4.78 is 14.2. The zero-order valence-electron chi connectivity index (χ0n) is 17.4. The number of benzene rings is 2. The van der Waals surface area contributed by atoms with Gasteiger partial charge in [-0.05, 0) is 79.7 Å². The lowest BCUT2D eigenvalue weighted by Gasteiger charge is -2.26. The number of hydrogen-bond donors (Lipinski definition) is 0. The van der Waals surface area contributed by atoms with Crippen LogP contribution in [0, 0.1) is 23.6 Å². The van der Waals surface area contributed by atoms with E-state index in [4.69, 9.17) is 0 Å². The van der Waals surface area contributed by atoms with Crippen molar-refractivity contribution in [2.45, 2.75) is 77.6 Å². The first kappa shape index (κ1) is 20.7. The lowest BCUT2D eigenvalue weighted by Crippen LogP contribution is -2.12. The molecule has 0 saturated heterocycles. The third-order valence-electron chi connectivity index (χ3n) is 5.99. The van der Waals surface area contributed by atoms with E-state index in [0.29, 0.717) is 11.8 Å². The highest BCUT2D eigenvalue weighted by molar-refractivity contribution is 5.37. The minimum Gasteiger partial charge on any atom is -0.207 e. The molecule has 1 heteroatoms. The van der Waals surface area contributed by atoms with E-state index in [-0.39, 0.29) is 5.82 Å². The van der Waals surface area contributed by atoms with Crippen molar-refractivity contribution in [1.82, 2.24) is 0 Å². The van der Waals surface area contributed by atoms with Gasteiger partial charge in [0.05, 0.1) is 0 Å². The second kappa shape index (κ2) is 10.5. The SMILES string of the molecule is CCCCc1ccc(C#CC2CCC(c3ccc(CCC)cc3)CC2)cc1F. The molecular formula is C27H33F. The fourth-order valence-electron chi connectivity index (χ4n) is 4.20. The van der Waals surface area contributed by atoms with E-state index in [2.05, 4.69) is 50.0 Å². The van der Waals surface area contributed by atoms with Gasteiger partial charge in [-0.3, -0.25) is 0 Å². The van der Waals surface area contributed by atoms with E-state index in [1.165, 1.54) is 36.8 Å². The van der Waals surface area contributed by atoms with Crippen LogP contribution in [0.25, 0.3) is 0 Å². The zero-order valence-corrected chi connectivity index (χ0v) is 17.4. The Balaban J connectivity index is 1.54. The summed E-state index contributed by atoms with van der Waals surface area (Å²) >= 11 is 0. The average Bonchev–Trinajstić information content (AvgIpc) is 2.73. The standard InChI is InChI=1S/C27H33F/c1-3-5-7-26-19-14-23(20-27(26)28)9-8-22-12-17-25(18-13-22)24-15-10-21(6-4-2)11-16-24/h10-11,14-16,19-20,22,25H,3-7,12-13,17-18H2,1-2H3. The van der Waals surface area contributed by atoms with Crippen molar-refractivity contribution < 1.29 is 4.39 Å². The molecule has 1 saturated carbocycles. The smallest absolute Gasteiger partial charge is 0.127 e. The number of rotatable bonds is 6. The summed E-state index contributed by atoms with van der Waals surface area (Å²) in [5, 5.41) is 0. The molecule has 0 heterocycles. The first-order valence-corrected chi connectivity index (χ1v) is 11.1. The van der Waals surface area contributed by atoms with Gasteiger partial charge in [0.1, 0.15) is 5.82 Å². The first-order valence-electron chi connectivity index (χ1n) is 11.1. The van der Waals surface area contributed by atoms with Crippen molar-refractivity contribution >= 4 is 0 Å². The van der Waals surface area contributed by atoms with Crippen LogP contribution in [0.15, 0.2) is 42.5 Å². The molecule has 0 radical (unpaired) electrons. The van der Waals surface area contributed by atoms with E-state index in [1.807, 2.05) is 12.1 Å². The van der Waals surface area contributed by atoms with Crippen LogP contribution in [0.4, 0.5) is 4.39 Å². The van der Waals surface area contributed by atoms with Crippen molar-refractivity contribution in [2.75, 3.05) is 0 Å². The quantitative estimate of drug-likeness (QED) is 0.459. The fourth-order valence-corrected chi connectivity index (χ4v) is 4.20. The number of hydrogen-bond acceptors (Lipinski definition) is 0. The molecule has 1 aliphatic carbocycles. The van der Waals surface area contributed by atoms with Gasteiger partial charge < -0.3 is 0 Å². The Morgan fingerprint density at radius 3 is 2.29 bits per heavy atom. The summed E-state index contributed by atoms with van der Waals surface area (Å²) in [6.45, 7) is 4.36. The lowest BCUT2D eigenvalue weighted by molar-refractivity contribution is 0.384. The highest BCUT2D eigenvalue weighted by atomic mass is 19.1. The van der Waals surface area contributed by atoms with Gasteiger partial charge in [-0.2, -0.15) is 0 Å². The highest BCUT2D eigenvalue weighted by Gasteiger charge is 2.21. The van der Waals surface area contributed by atoms with Gasteiger partial charge in [-0.25, -0.2) is 4.39 Å². The second-order valence-corrected chi connectivity index (χ2v) is 8.22. The third kappa shape index (κ3) is 5.71. The first-order chi connectivity index (χ1) is 13.7. The summed E-state index contributed by atoms with van der Waals surface area (Å²) in [7, 11) is 0. The van der Waals surface area contributed by atoms with E-state index >= 15 is 0 Å². The summed E-state index contributed by atoms with van der Waals surface area (Å²) in [4.78, 5) is 0. The second-order valence-electron chi connectivity index (χ2n) is 8.22. The van der Waals surface area contributed by atoms with Crippen molar-refractivity contribution in [3.63, 3.8) is 0 Å². The van der Waals surface area contributed by atoms with Gasteiger partial charge in [0.2, 0.25) is 0 Å². The summed E-state index contributed by atoms with van der Waals surface area (Å²) in [5.41, 5.74) is 4.55. The minimum absolute atomic E-state index is 0.101. The molecule has 0 aliphatic heterocycles. The van der Waals surface area contributed by atoms with Crippen LogP contribution in [-0.2, 0) is 12.8 Å². The molecule has 0 bridgehead atoms. The third-order valence-corrected chi connectivity index (χ3v) is 5.99. The van der Waals surface area contributed by atoms with Crippen molar-refractivity contribution in [3.05, 3.63) is 70.5 Å². The fraction of sp³-hybridized carbons (Fsp3) is 0.481. The maximum Gasteiger partial charge on any atom is 0.127 e. The monoisotopic (exact) mass is 376 g/mol. The van der Waals surface area contributed by atoms with Crippen LogP contribution in [-0.4, -0.2) is 0 Å². The topological polar surface area (TPSA) is 0 Å². The molecule has 148 valence electrons. The maximum atomic E-state index is 14.2. The molecule has 28 heavy (non-hydrogen) atoms. The summed E-state index contributed by atoms with van der Waals surface area (Å²) in [5.74, 6) is 7.65. The molecule has 0 unspecified atom stereocenters. The largest absolute Gasteiger partial charge is 0.207 e.